The number of rotatable bonds is 3. The molecule has 0 fully saturated rings. The summed E-state index contributed by atoms with van der Waals surface area (Å²) in [5.74, 6) is 0.849. The first kappa shape index (κ1) is 15.3. The third-order valence-corrected chi connectivity index (χ3v) is 3.37. The summed E-state index contributed by atoms with van der Waals surface area (Å²) in [5.41, 5.74) is 0.401. The van der Waals surface area contributed by atoms with E-state index in [4.69, 9.17) is 23.2 Å². The predicted molar refractivity (Wildman–Crippen MR) is 88.3 cm³/mol. The van der Waals surface area contributed by atoms with Gasteiger partial charge in [0.05, 0.1) is 10.7 Å². The van der Waals surface area contributed by atoms with Crippen LogP contribution in [0.25, 0.3) is 5.82 Å². The van der Waals surface area contributed by atoms with Gasteiger partial charge in [-0.2, -0.15) is 5.10 Å². The molecule has 0 bridgehead atoms. The number of amides is 2. The maximum atomic E-state index is 12.0. The van der Waals surface area contributed by atoms with Crippen LogP contribution in [0.2, 0.25) is 10.0 Å². The van der Waals surface area contributed by atoms with Gasteiger partial charge in [-0.1, -0.05) is 23.2 Å². The quantitative estimate of drug-likeness (QED) is 0.756. The van der Waals surface area contributed by atoms with Gasteiger partial charge >= 0.3 is 6.03 Å². The fourth-order valence-corrected chi connectivity index (χ4v) is 2.15. The Bertz CT molecular complexity index is 837. The number of halogens is 2. The summed E-state index contributed by atoms with van der Waals surface area (Å²) < 4.78 is 1.55. The van der Waals surface area contributed by atoms with Crippen molar-refractivity contribution in [3.63, 3.8) is 0 Å². The van der Waals surface area contributed by atoms with E-state index >= 15 is 0 Å². The Morgan fingerprint density at radius 2 is 2.00 bits per heavy atom. The molecule has 0 atom stereocenters. The molecule has 0 radical (unpaired) electrons. The van der Waals surface area contributed by atoms with E-state index in [1.807, 2.05) is 0 Å². The second-order valence-electron chi connectivity index (χ2n) is 4.42. The van der Waals surface area contributed by atoms with Gasteiger partial charge in [0, 0.05) is 23.5 Å². The molecule has 0 aliphatic heterocycles. The van der Waals surface area contributed by atoms with Crippen LogP contribution < -0.4 is 10.6 Å². The lowest BCUT2D eigenvalue weighted by Crippen LogP contribution is -2.20. The molecule has 2 amide bonds. The van der Waals surface area contributed by atoms with Crippen LogP contribution in [0.15, 0.2) is 49.1 Å². The molecule has 116 valence electrons. The van der Waals surface area contributed by atoms with Crippen LogP contribution in [0.5, 0.6) is 0 Å². The van der Waals surface area contributed by atoms with Gasteiger partial charge in [0.2, 0.25) is 0 Å². The Kier molecular flexibility index (Phi) is 4.40. The van der Waals surface area contributed by atoms with Gasteiger partial charge in [-0.05, 0) is 24.3 Å². The smallest absolute Gasteiger partial charge is 0.306 e. The van der Waals surface area contributed by atoms with E-state index in [0.717, 1.165) is 0 Å². The highest BCUT2D eigenvalue weighted by Crippen LogP contribution is 2.25. The average Bonchev–Trinajstić information content (AvgIpc) is 3.05. The Morgan fingerprint density at radius 3 is 2.78 bits per heavy atom. The summed E-state index contributed by atoms with van der Waals surface area (Å²) in [6, 6.07) is 7.64. The van der Waals surface area contributed by atoms with Crippen LogP contribution in [0.1, 0.15) is 0 Å². The van der Waals surface area contributed by atoms with Gasteiger partial charge in [-0.25, -0.2) is 19.4 Å². The first-order valence-corrected chi connectivity index (χ1v) is 7.22. The van der Waals surface area contributed by atoms with Gasteiger partial charge in [-0.3, -0.25) is 5.32 Å². The summed E-state index contributed by atoms with van der Waals surface area (Å²) in [5, 5.41) is 10.1. The van der Waals surface area contributed by atoms with E-state index < -0.39 is 6.03 Å². The van der Waals surface area contributed by atoms with Crippen molar-refractivity contribution in [3.05, 3.63) is 59.1 Å². The Hall–Kier alpha value is -2.64. The van der Waals surface area contributed by atoms with Crippen molar-refractivity contribution < 1.29 is 4.79 Å². The van der Waals surface area contributed by atoms with E-state index in [0.29, 0.717) is 27.4 Å². The molecule has 0 saturated carbocycles. The Morgan fingerprint density at radius 1 is 1.13 bits per heavy atom. The normalized spacial score (nSPS) is 10.3. The molecular formula is C14H10Cl2N6O. The minimum Gasteiger partial charge on any atom is -0.306 e. The number of benzene rings is 1. The molecule has 0 spiro atoms. The number of aromatic nitrogens is 4. The van der Waals surface area contributed by atoms with Crippen LogP contribution in [0.4, 0.5) is 16.3 Å². The molecule has 2 heterocycles. The average molecular weight is 349 g/mol. The zero-order valence-corrected chi connectivity index (χ0v) is 13.1. The predicted octanol–water partition coefficient (Wildman–Crippen LogP) is 3.61. The van der Waals surface area contributed by atoms with Crippen LogP contribution >= 0.6 is 23.2 Å². The number of urea groups is 1. The zero-order valence-electron chi connectivity index (χ0n) is 11.6. The number of anilines is 2. The van der Waals surface area contributed by atoms with E-state index in [1.54, 1.807) is 47.4 Å². The molecule has 23 heavy (non-hydrogen) atoms. The van der Waals surface area contributed by atoms with Crippen molar-refractivity contribution >= 4 is 40.7 Å². The molecule has 1 aromatic carbocycles. The van der Waals surface area contributed by atoms with E-state index in [2.05, 4.69) is 25.7 Å². The van der Waals surface area contributed by atoms with Crippen LogP contribution in [-0.2, 0) is 0 Å². The fraction of sp³-hybridized carbons (Fsp3) is 0. The van der Waals surface area contributed by atoms with Gasteiger partial charge in [-0.15, -0.1) is 0 Å². The van der Waals surface area contributed by atoms with Crippen LogP contribution in [-0.4, -0.2) is 25.8 Å². The van der Waals surface area contributed by atoms with Gasteiger partial charge in [0.1, 0.15) is 12.1 Å². The molecule has 0 aliphatic carbocycles. The van der Waals surface area contributed by atoms with Crippen molar-refractivity contribution in [2.75, 3.05) is 10.6 Å². The monoisotopic (exact) mass is 348 g/mol. The fourth-order valence-electron chi connectivity index (χ4n) is 1.81. The van der Waals surface area contributed by atoms with Crippen molar-refractivity contribution in [1.29, 1.82) is 0 Å². The number of hydrogen-bond acceptors (Lipinski definition) is 4. The number of nitrogens with zero attached hydrogens (tertiary/aromatic N) is 4. The highest BCUT2D eigenvalue weighted by atomic mass is 35.5. The summed E-state index contributed by atoms with van der Waals surface area (Å²) in [7, 11) is 0. The molecule has 9 heteroatoms. The van der Waals surface area contributed by atoms with E-state index in [9.17, 15) is 4.79 Å². The number of carbonyl (C=O) groups excluding carboxylic acids is 1. The molecule has 0 unspecified atom stereocenters. The topological polar surface area (TPSA) is 84.7 Å². The number of nitrogens with one attached hydrogen (secondary N) is 2. The Balaban J connectivity index is 1.73. The van der Waals surface area contributed by atoms with Crippen molar-refractivity contribution in [2.45, 2.75) is 0 Å². The Labute approximate surface area is 141 Å². The van der Waals surface area contributed by atoms with E-state index in [-0.39, 0.29) is 0 Å². The molecule has 3 aromatic rings. The minimum absolute atomic E-state index is 0.321. The summed E-state index contributed by atoms with van der Waals surface area (Å²) >= 11 is 11.9. The third-order valence-electron chi connectivity index (χ3n) is 2.81. The minimum atomic E-state index is -0.501. The first-order valence-electron chi connectivity index (χ1n) is 6.47. The summed E-state index contributed by atoms with van der Waals surface area (Å²) in [4.78, 5) is 20.1. The molecular weight excluding hydrogens is 339 g/mol. The molecule has 2 N–H and O–H groups in total. The van der Waals surface area contributed by atoms with Gasteiger partial charge in [0.25, 0.3) is 0 Å². The lowest BCUT2D eigenvalue weighted by Gasteiger charge is -2.09. The summed E-state index contributed by atoms with van der Waals surface area (Å²) in [6.45, 7) is 0. The SMILES string of the molecule is O=C(Nc1cc(-n2cccn2)ncn1)Nc1cc(Cl)ccc1Cl. The van der Waals surface area contributed by atoms with Gasteiger partial charge < -0.3 is 5.32 Å². The molecule has 0 saturated heterocycles. The summed E-state index contributed by atoms with van der Waals surface area (Å²) in [6.07, 6.45) is 4.69. The number of hydrogen-bond donors (Lipinski definition) is 2. The standard InChI is InChI=1S/C14H10Cl2N6O/c15-9-2-3-10(16)11(6-9)20-14(23)21-12-7-13(18-8-17-12)22-5-1-4-19-22/h1-8H,(H2,17,18,20,21,23). The van der Waals surface area contributed by atoms with Gasteiger partial charge in [0.15, 0.2) is 5.82 Å². The highest BCUT2D eigenvalue weighted by molar-refractivity contribution is 6.35. The number of carbonyl (C=O) groups is 1. The maximum absolute atomic E-state index is 12.0. The second kappa shape index (κ2) is 6.64. The lowest BCUT2D eigenvalue weighted by molar-refractivity contribution is 0.262. The third kappa shape index (κ3) is 3.77. The first-order chi connectivity index (χ1) is 11.1. The molecule has 0 aliphatic rings. The van der Waals surface area contributed by atoms with Crippen molar-refractivity contribution in [2.24, 2.45) is 0 Å². The van der Waals surface area contributed by atoms with Crippen molar-refractivity contribution in [3.8, 4) is 5.82 Å². The van der Waals surface area contributed by atoms with Crippen LogP contribution in [0, 0.1) is 0 Å². The van der Waals surface area contributed by atoms with Crippen molar-refractivity contribution in [1.82, 2.24) is 19.7 Å². The second-order valence-corrected chi connectivity index (χ2v) is 5.26. The highest BCUT2D eigenvalue weighted by Gasteiger charge is 2.08. The lowest BCUT2D eigenvalue weighted by atomic mass is 10.3. The zero-order chi connectivity index (χ0) is 16.2. The largest absolute Gasteiger partial charge is 0.324 e. The maximum Gasteiger partial charge on any atom is 0.324 e. The molecule has 2 aromatic heterocycles. The molecule has 7 nitrogen and oxygen atoms in total. The van der Waals surface area contributed by atoms with E-state index in [1.165, 1.54) is 6.33 Å². The van der Waals surface area contributed by atoms with Crippen LogP contribution in [0.3, 0.4) is 0 Å². The molecule has 3 rings (SSSR count).